The third kappa shape index (κ3) is 3.26. The number of fused-ring (bicyclic) bond motifs is 5. The Morgan fingerprint density at radius 3 is 2.23 bits per heavy atom. The number of urea groups is 1. The minimum Gasteiger partial charge on any atom is -0.506 e. The van der Waals surface area contributed by atoms with Gasteiger partial charge in [-0.05, 0) is 36.0 Å². The number of hydrogen-bond acceptors (Lipinski definition) is 4. The summed E-state index contributed by atoms with van der Waals surface area (Å²) in [5.74, 6) is -0.659. The van der Waals surface area contributed by atoms with Gasteiger partial charge in [0.25, 0.3) is 0 Å². The van der Waals surface area contributed by atoms with Crippen molar-refractivity contribution in [2.75, 3.05) is 11.9 Å². The molecule has 1 heterocycles. The molecule has 5 rings (SSSR count). The number of aromatic hydroxyl groups is 1. The van der Waals surface area contributed by atoms with E-state index >= 15 is 0 Å². The second-order valence-electron chi connectivity index (χ2n) is 8.33. The number of nitrogens with one attached hydrogen (secondary N) is 2. The van der Waals surface area contributed by atoms with Crippen LogP contribution in [-0.2, 0) is 9.59 Å². The number of allylic oxidation sites excluding steroid dienone is 2. The molecule has 0 radical (unpaired) electrons. The molecule has 7 nitrogen and oxygen atoms in total. The largest absolute Gasteiger partial charge is 0.506 e. The Labute approximate surface area is 179 Å². The van der Waals surface area contributed by atoms with Gasteiger partial charge in [0.05, 0.1) is 23.6 Å². The molecule has 158 valence electrons. The molecule has 2 aromatic carbocycles. The summed E-state index contributed by atoms with van der Waals surface area (Å²) >= 11 is 0. The van der Waals surface area contributed by atoms with E-state index in [1.807, 2.05) is 30.3 Å². The molecule has 2 aromatic rings. The van der Waals surface area contributed by atoms with Crippen molar-refractivity contribution < 1.29 is 19.5 Å². The van der Waals surface area contributed by atoms with Crippen LogP contribution in [0, 0.1) is 23.7 Å². The molecule has 5 atom stereocenters. The van der Waals surface area contributed by atoms with Crippen LogP contribution in [-0.4, -0.2) is 34.4 Å². The maximum absolute atomic E-state index is 13.3. The standard InChI is InChI=1S/C24H23N3O4/c28-19-9-5-4-8-17(19)26-24(31)25-13-18(14-6-2-1-3-7-14)27-22(29)20-15-10-11-16(12-15)21(20)23(27)30/h1-11,15-16,18,20-21,28H,12-13H2,(H2,25,26,31). The number of phenols is 1. The summed E-state index contributed by atoms with van der Waals surface area (Å²) < 4.78 is 0. The maximum atomic E-state index is 13.3. The smallest absolute Gasteiger partial charge is 0.319 e. The van der Waals surface area contributed by atoms with Crippen LogP contribution >= 0.6 is 0 Å². The summed E-state index contributed by atoms with van der Waals surface area (Å²) in [6, 6.07) is 14.6. The molecule has 5 unspecified atom stereocenters. The highest BCUT2D eigenvalue weighted by atomic mass is 16.3. The number of carbonyl (C=O) groups excluding carboxylic acids is 3. The van der Waals surface area contributed by atoms with Crippen LogP contribution in [0.25, 0.3) is 0 Å². The third-order valence-corrected chi connectivity index (χ3v) is 6.61. The van der Waals surface area contributed by atoms with Crippen molar-refractivity contribution in [2.24, 2.45) is 23.7 Å². The zero-order chi connectivity index (χ0) is 21.5. The molecule has 31 heavy (non-hydrogen) atoms. The van der Waals surface area contributed by atoms with Gasteiger partial charge in [0.1, 0.15) is 5.75 Å². The zero-order valence-corrected chi connectivity index (χ0v) is 16.8. The van der Waals surface area contributed by atoms with Crippen molar-refractivity contribution in [3.8, 4) is 5.75 Å². The lowest BCUT2D eigenvalue weighted by molar-refractivity contribution is -0.143. The molecule has 0 aromatic heterocycles. The van der Waals surface area contributed by atoms with Gasteiger partial charge in [-0.25, -0.2) is 4.79 Å². The molecule has 2 fully saturated rings. The van der Waals surface area contributed by atoms with Gasteiger partial charge in [-0.3, -0.25) is 14.5 Å². The first-order valence-corrected chi connectivity index (χ1v) is 10.5. The van der Waals surface area contributed by atoms with Crippen LogP contribution in [0.15, 0.2) is 66.7 Å². The van der Waals surface area contributed by atoms with Gasteiger partial charge in [-0.15, -0.1) is 0 Å². The molecule has 7 heteroatoms. The molecule has 1 saturated carbocycles. The first kappa shape index (κ1) is 19.4. The highest BCUT2D eigenvalue weighted by Gasteiger charge is 2.60. The molecule has 1 saturated heterocycles. The van der Waals surface area contributed by atoms with Crippen LogP contribution in [0.3, 0.4) is 0 Å². The average Bonchev–Trinajstić information content (AvgIpc) is 3.46. The Bertz CT molecular complexity index is 1040. The van der Waals surface area contributed by atoms with Crippen LogP contribution < -0.4 is 10.6 Å². The monoisotopic (exact) mass is 417 g/mol. The van der Waals surface area contributed by atoms with Crippen molar-refractivity contribution in [1.29, 1.82) is 0 Å². The normalized spacial score (nSPS) is 26.8. The van der Waals surface area contributed by atoms with Gasteiger partial charge in [0.15, 0.2) is 0 Å². The van der Waals surface area contributed by atoms with E-state index in [1.54, 1.807) is 18.2 Å². The van der Waals surface area contributed by atoms with E-state index in [0.717, 1.165) is 12.0 Å². The molecule has 2 aliphatic carbocycles. The lowest BCUT2D eigenvalue weighted by atomic mass is 9.85. The first-order valence-electron chi connectivity index (χ1n) is 10.5. The number of para-hydroxylation sites is 2. The highest BCUT2D eigenvalue weighted by Crippen LogP contribution is 2.53. The lowest BCUT2D eigenvalue weighted by Gasteiger charge is -2.28. The summed E-state index contributed by atoms with van der Waals surface area (Å²) in [7, 11) is 0. The summed E-state index contributed by atoms with van der Waals surface area (Å²) in [5, 5.41) is 15.2. The Hall–Kier alpha value is -3.61. The van der Waals surface area contributed by atoms with Crippen molar-refractivity contribution in [1.82, 2.24) is 10.2 Å². The predicted molar refractivity (Wildman–Crippen MR) is 114 cm³/mol. The third-order valence-electron chi connectivity index (χ3n) is 6.61. The van der Waals surface area contributed by atoms with Gasteiger partial charge in [0, 0.05) is 6.54 Å². The average molecular weight is 417 g/mol. The number of hydrogen-bond donors (Lipinski definition) is 3. The molecule has 0 spiro atoms. The minimum atomic E-state index is -0.596. The number of imide groups is 1. The number of carbonyl (C=O) groups is 3. The number of anilines is 1. The second-order valence-corrected chi connectivity index (χ2v) is 8.33. The van der Waals surface area contributed by atoms with E-state index in [0.29, 0.717) is 0 Å². The van der Waals surface area contributed by atoms with Gasteiger partial charge < -0.3 is 15.7 Å². The van der Waals surface area contributed by atoms with E-state index in [2.05, 4.69) is 22.8 Å². The fraction of sp³-hybridized carbons (Fsp3) is 0.292. The minimum absolute atomic E-state index is 0.0436. The second kappa shape index (κ2) is 7.58. The van der Waals surface area contributed by atoms with E-state index in [4.69, 9.17) is 0 Å². The van der Waals surface area contributed by atoms with E-state index in [9.17, 15) is 19.5 Å². The summed E-state index contributed by atoms with van der Waals surface area (Å²) in [4.78, 5) is 40.4. The van der Waals surface area contributed by atoms with Crippen LogP contribution in [0.5, 0.6) is 5.75 Å². The Balaban J connectivity index is 1.36. The van der Waals surface area contributed by atoms with Gasteiger partial charge in [-0.1, -0.05) is 54.6 Å². The fourth-order valence-electron chi connectivity index (χ4n) is 5.20. The molecule has 3 N–H and O–H groups in total. The van der Waals surface area contributed by atoms with Crippen molar-refractivity contribution in [3.05, 3.63) is 72.3 Å². The van der Waals surface area contributed by atoms with Gasteiger partial charge >= 0.3 is 6.03 Å². The molecule has 1 aliphatic heterocycles. The number of amides is 4. The fourth-order valence-corrected chi connectivity index (χ4v) is 5.20. The van der Waals surface area contributed by atoms with Crippen molar-refractivity contribution in [2.45, 2.75) is 12.5 Å². The Morgan fingerprint density at radius 2 is 1.58 bits per heavy atom. The van der Waals surface area contributed by atoms with Crippen LogP contribution in [0.1, 0.15) is 18.0 Å². The topological polar surface area (TPSA) is 98.7 Å². The van der Waals surface area contributed by atoms with Crippen LogP contribution in [0.4, 0.5) is 10.5 Å². The lowest BCUT2D eigenvalue weighted by Crippen LogP contribution is -2.43. The summed E-state index contributed by atoms with van der Waals surface area (Å²) in [6.07, 6.45) is 5.00. The first-order chi connectivity index (χ1) is 15.0. The summed E-state index contributed by atoms with van der Waals surface area (Å²) in [6.45, 7) is 0.0725. The zero-order valence-electron chi connectivity index (χ0n) is 16.8. The maximum Gasteiger partial charge on any atom is 0.319 e. The van der Waals surface area contributed by atoms with Gasteiger partial charge in [0.2, 0.25) is 11.8 Å². The van der Waals surface area contributed by atoms with E-state index in [1.165, 1.54) is 11.0 Å². The van der Waals surface area contributed by atoms with Crippen molar-refractivity contribution in [3.63, 3.8) is 0 Å². The summed E-state index contributed by atoms with van der Waals surface area (Å²) in [5.41, 5.74) is 1.06. The van der Waals surface area contributed by atoms with Gasteiger partial charge in [-0.2, -0.15) is 0 Å². The SMILES string of the molecule is O=C(NCC(c1ccccc1)N1C(=O)C2C3C=CC(C3)C2C1=O)Nc1ccccc1O. The van der Waals surface area contributed by atoms with Crippen molar-refractivity contribution >= 4 is 23.5 Å². The molecule has 3 aliphatic rings. The van der Waals surface area contributed by atoms with E-state index < -0.39 is 12.1 Å². The number of likely N-dealkylation sites (tertiary alicyclic amines) is 1. The molecular formula is C24H23N3O4. The number of benzene rings is 2. The Morgan fingerprint density at radius 1 is 0.968 bits per heavy atom. The highest BCUT2D eigenvalue weighted by molar-refractivity contribution is 6.07. The predicted octanol–water partition coefficient (Wildman–Crippen LogP) is 3.06. The van der Waals surface area contributed by atoms with Crippen LogP contribution in [0.2, 0.25) is 0 Å². The molecular weight excluding hydrogens is 394 g/mol. The van der Waals surface area contributed by atoms with E-state index in [-0.39, 0.29) is 53.5 Å². The number of phenolic OH excluding ortho intramolecular Hbond substituents is 1. The molecule has 2 bridgehead atoms. The number of rotatable bonds is 5. The Kier molecular flexibility index (Phi) is 4.73. The number of nitrogens with zero attached hydrogens (tertiary/aromatic N) is 1. The quantitative estimate of drug-likeness (QED) is 0.396. The molecule has 4 amide bonds.